The smallest absolute Gasteiger partial charge is 0.238 e. The van der Waals surface area contributed by atoms with Gasteiger partial charge >= 0.3 is 0 Å². The van der Waals surface area contributed by atoms with Crippen LogP contribution in [0.3, 0.4) is 0 Å². The molecule has 2 amide bonds. The highest BCUT2D eigenvalue weighted by Gasteiger charge is 2.35. The van der Waals surface area contributed by atoms with Crippen molar-refractivity contribution >= 4 is 28.9 Å². The molecule has 1 heterocycles. The largest absolute Gasteiger partial charge is 0.359 e. The van der Waals surface area contributed by atoms with Gasteiger partial charge in [0.15, 0.2) is 0 Å². The minimum Gasteiger partial charge on any atom is -0.359 e. The zero-order valence-electron chi connectivity index (χ0n) is 20.1. The second-order valence-corrected chi connectivity index (χ2v) is 8.93. The predicted molar refractivity (Wildman–Crippen MR) is 137 cm³/mol. The first kappa shape index (κ1) is 24.3. The Morgan fingerprint density at radius 3 is 2.37 bits per heavy atom. The fourth-order valence-corrected chi connectivity index (χ4v) is 4.21. The third-order valence-electron chi connectivity index (χ3n) is 5.97. The highest BCUT2D eigenvalue weighted by Crippen LogP contribution is 2.36. The molecular weight excluding hydrogens is 443 g/mol. The van der Waals surface area contributed by atoms with E-state index in [9.17, 15) is 14.0 Å². The molecule has 1 aliphatic rings. The van der Waals surface area contributed by atoms with Gasteiger partial charge < -0.3 is 15.5 Å². The van der Waals surface area contributed by atoms with Crippen molar-refractivity contribution in [2.24, 2.45) is 4.99 Å². The summed E-state index contributed by atoms with van der Waals surface area (Å²) in [6.45, 7) is 0.818. The first-order valence-electron chi connectivity index (χ1n) is 11.6. The zero-order chi connectivity index (χ0) is 24.9. The quantitative estimate of drug-likeness (QED) is 0.477. The first-order chi connectivity index (χ1) is 16.8. The Kier molecular flexibility index (Phi) is 7.36. The molecule has 7 heteroatoms. The Balaban J connectivity index is 1.71. The molecule has 180 valence electrons. The van der Waals surface area contributed by atoms with Crippen molar-refractivity contribution in [3.63, 3.8) is 0 Å². The number of hydrogen-bond donors (Lipinski definition) is 2. The van der Waals surface area contributed by atoms with E-state index in [-0.39, 0.29) is 11.8 Å². The van der Waals surface area contributed by atoms with Crippen molar-refractivity contribution in [2.45, 2.75) is 25.3 Å². The van der Waals surface area contributed by atoms with Crippen LogP contribution in [0, 0.1) is 5.82 Å². The van der Waals surface area contributed by atoms with E-state index in [1.54, 1.807) is 13.1 Å². The first-order valence-corrected chi connectivity index (χ1v) is 11.6. The number of hydrogen-bond acceptors (Lipinski definition) is 4. The highest BCUT2D eigenvalue weighted by molar-refractivity contribution is 6.24. The number of aliphatic imine (C=N–C) groups is 1. The van der Waals surface area contributed by atoms with Gasteiger partial charge in [-0.25, -0.2) is 4.39 Å². The maximum Gasteiger partial charge on any atom is 0.238 e. The molecule has 0 aromatic heterocycles. The Bertz CT molecular complexity index is 1250. The van der Waals surface area contributed by atoms with Crippen LogP contribution in [0.4, 0.5) is 15.8 Å². The minimum absolute atomic E-state index is 0.0134. The number of halogens is 1. The van der Waals surface area contributed by atoms with Crippen LogP contribution in [0.25, 0.3) is 0 Å². The molecule has 0 bridgehead atoms. The Morgan fingerprint density at radius 2 is 1.71 bits per heavy atom. The van der Waals surface area contributed by atoms with E-state index in [1.807, 2.05) is 62.6 Å². The molecule has 0 spiro atoms. The molecule has 6 nitrogen and oxygen atoms in total. The van der Waals surface area contributed by atoms with Crippen LogP contribution in [-0.2, 0) is 22.6 Å². The molecule has 1 unspecified atom stereocenters. The third-order valence-corrected chi connectivity index (χ3v) is 5.97. The molecular formula is C28H29FN4O2. The van der Waals surface area contributed by atoms with E-state index >= 15 is 0 Å². The van der Waals surface area contributed by atoms with Crippen LogP contribution in [0.15, 0.2) is 71.7 Å². The molecule has 4 rings (SSSR count). The molecule has 1 atom stereocenters. The van der Waals surface area contributed by atoms with Gasteiger partial charge in [-0.15, -0.1) is 0 Å². The van der Waals surface area contributed by atoms with Crippen molar-refractivity contribution in [3.05, 3.63) is 94.8 Å². The van der Waals surface area contributed by atoms with Crippen LogP contribution in [0.2, 0.25) is 0 Å². The number of fused-ring (bicyclic) bond motifs is 1. The van der Waals surface area contributed by atoms with E-state index < -0.39 is 11.7 Å². The summed E-state index contributed by atoms with van der Waals surface area (Å²) in [5, 5.41) is 5.43. The fourth-order valence-electron chi connectivity index (χ4n) is 4.21. The minimum atomic E-state index is -0.663. The summed E-state index contributed by atoms with van der Waals surface area (Å²) in [6.07, 6.45) is 1.02. The third kappa shape index (κ3) is 5.81. The van der Waals surface area contributed by atoms with Crippen molar-refractivity contribution in [2.75, 3.05) is 26.5 Å². The van der Waals surface area contributed by atoms with Gasteiger partial charge in [-0.3, -0.25) is 14.6 Å². The second kappa shape index (κ2) is 10.6. The fraction of sp³-hybridized carbons (Fsp3) is 0.250. The number of nitrogens with one attached hydrogen (secondary N) is 2. The predicted octanol–water partition coefficient (Wildman–Crippen LogP) is 4.42. The maximum absolute atomic E-state index is 13.8. The van der Waals surface area contributed by atoms with Gasteiger partial charge in [0, 0.05) is 25.7 Å². The molecule has 3 aromatic rings. The summed E-state index contributed by atoms with van der Waals surface area (Å²) in [5.41, 5.74) is 5.46. The Hall–Kier alpha value is -3.84. The summed E-state index contributed by atoms with van der Waals surface area (Å²) >= 11 is 0. The van der Waals surface area contributed by atoms with Crippen molar-refractivity contribution < 1.29 is 14.0 Å². The van der Waals surface area contributed by atoms with Crippen LogP contribution >= 0.6 is 0 Å². The summed E-state index contributed by atoms with van der Waals surface area (Å²) in [7, 11) is 5.65. The summed E-state index contributed by atoms with van der Waals surface area (Å²) in [6, 6.07) is 20.0. The molecule has 0 saturated heterocycles. The number of nitrogens with zero attached hydrogens (tertiary/aromatic N) is 2. The standard InChI is InChI=1S/C28H29FN4O2/c1-30-25(34)15-8-18-4-9-20(10-5-18)27(31-22-12-6-19(7-13-22)17-33(2)3)26-23-14-11-21(29)16-24(23)32-28(26)35/h4-7,9-14,16,26H,8,15,17H2,1-3H3,(H,30,34)(H,32,35). The Labute approximate surface area is 204 Å². The molecule has 0 saturated carbocycles. The monoisotopic (exact) mass is 472 g/mol. The van der Waals surface area contributed by atoms with Crippen molar-refractivity contribution in [1.29, 1.82) is 0 Å². The second-order valence-electron chi connectivity index (χ2n) is 8.93. The van der Waals surface area contributed by atoms with Crippen LogP contribution in [-0.4, -0.2) is 43.6 Å². The molecule has 35 heavy (non-hydrogen) atoms. The van der Waals surface area contributed by atoms with Crippen molar-refractivity contribution in [1.82, 2.24) is 10.2 Å². The van der Waals surface area contributed by atoms with Gasteiger partial charge in [0.25, 0.3) is 0 Å². The number of aryl methyl sites for hydroxylation is 1. The lowest BCUT2D eigenvalue weighted by Crippen LogP contribution is -2.22. The van der Waals surface area contributed by atoms with E-state index in [0.717, 1.165) is 28.9 Å². The number of carbonyl (C=O) groups excluding carboxylic acids is 2. The average Bonchev–Trinajstić information content (AvgIpc) is 3.16. The van der Waals surface area contributed by atoms with Gasteiger partial charge in [0.2, 0.25) is 11.8 Å². The number of rotatable bonds is 8. The van der Waals surface area contributed by atoms with Gasteiger partial charge in [0.1, 0.15) is 11.7 Å². The normalized spacial score (nSPS) is 15.2. The summed E-state index contributed by atoms with van der Waals surface area (Å²) < 4.78 is 13.8. The highest BCUT2D eigenvalue weighted by atomic mass is 19.1. The van der Waals surface area contributed by atoms with Gasteiger partial charge in [-0.2, -0.15) is 0 Å². The summed E-state index contributed by atoms with van der Waals surface area (Å²) in [5.74, 6) is -1.32. The molecule has 2 N–H and O–H groups in total. The lowest BCUT2D eigenvalue weighted by Gasteiger charge is -2.15. The number of anilines is 1. The summed E-state index contributed by atoms with van der Waals surface area (Å²) in [4.78, 5) is 31.6. The molecule has 0 aliphatic carbocycles. The van der Waals surface area contributed by atoms with Crippen LogP contribution in [0.1, 0.15) is 34.6 Å². The zero-order valence-corrected chi connectivity index (χ0v) is 20.1. The van der Waals surface area contributed by atoms with E-state index in [2.05, 4.69) is 15.5 Å². The number of amides is 2. The number of carbonyl (C=O) groups is 2. The Morgan fingerprint density at radius 1 is 1.03 bits per heavy atom. The van der Waals surface area contributed by atoms with Gasteiger partial charge in [-0.1, -0.05) is 42.5 Å². The van der Waals surface area contributed by atoms with Crippen LogP contribution in [0.5, 0.6) is 0 Å². The molecule has 1 aliphatic heterocycles. The van der Waals surface area contributed by atoms with E-state index in [0.29, 0.717) is 29.8 Å². The van der Waals surface area contributed by atoms with Gasteiger partial charge in [0.05, 0.1) is 11.4 Å². The van der Waals surface area contributed by atoms with Crippen molar-refractivity contribution in [3.8, 4) is 0 Å². The molecule has 0 fully saturated rings. The molecule has 0 radical (unpaired) electrons. The topological polar surface area (TPSA) is 73.8 Å². The lowest BCUT2D eigenvalue weighted by molar-refractivity contribution is -0.120. The van der Waals surface area contributed by atoms with Gasteiger partial charge in [-0.05, 0) is 67.0 Å². The average molecular weight is 473 g/mol. The van der Waals surface area contributed by atoms with E-state index in [1.165, 1.54) is 12.1 Å². The van der Waals surface area contributed by atoms with Crippen LogP contribution < -0.4 is 10.6 Å². The maximum atomic E-state index is 13.8. The molecule has 3 aromatic carbocycles. The number of benzene rings is 3. The lowest BCUT2D eigenvalue weighted by atomic mass is 9.90. The SMILES string of the molecule is CNC(=O)CCc1ccc(C(=Nc2ccc(CN(C)C)cc2)C2C(=O)Nc3cc(F)ccc32)cc1. The van der Waals surface area contributed by atoms with E-state index in [4.69, 9.17) is 4.99 Å².